The van der Waals surface area contributed by atoms with Gasteiger partial charge in [-0.1, -0.05) is 34.8 Å². The van der Waals surface area contributed by atoms with Crippen LogP contribution in [0.1, 0.15) is 20.7 Å². The number of nitrogens with zero attached hydrogens (tertiary/aromatic N) is 1. The average molecular weight is 393 g/mol. The van der Waals surface area contributed by atoms with Crippen LogP contribution in [0.3, 0.4) is 0 Å². The van der Waals surface area contributed by atoms with Gasteiger partial charge in [0.2, 0.25) is 5.78 Å². The molecule has 25 heavy (non-hydrogen) atoms. The number of fused-ring (bicyclic) bond motifs is 1. The van der Waals surface area contributed by atoms with Crippen LogP contribution in [0, 0.1) is 11.3 Å². The Morgan fingerprint density at radius 2 is 1.68 bits per heavy atom. The third-order valence-corrected chi connectivity index (χ3v) is 4.27. The number of ketones is 1. The summed E-state index contributed by atoms with van der Waals surface area (Å²) in [6.07, 6.45) is 0. The molecule has 8 heteroatoms. The van der Waals surface area contributed by atoms with Gasteiger partial charge in [-0.05, 0) is 36.4 Å². The molecule has 1 aliphatic heterocycles. The first kappa shape index (κ1) is 17.3. The van der Waals surface area contributed by atoms with Crippen LogP contribution >= 0.6 is 34.8 Å². The summed E-state index contributed by atoms with van der Waals surface area (Å²) in [4.78, 5) is 24.9. The number of carbonyl (C=O) groups excluding carboxylic acids is 2. The van der Waals surface area contributed by atoms with Crippen molar-refractivity contribution in [3.05, 3.63) is 74.0 Å². The number of benzene rings is 2. The fourth-order valence-electron chi connectivity index (χ4n) is 2.32. The lowest BCUT2D eigenvalue weighted by Crippen LogP contribution is -2.35. The zero-order chi connectivity index (χ0) is 18.1. The number of rotatable bonds is 2. The molecule has 1 amide bonds. The first-order valence-corrected chi connectivity index (χ1v) is 8.06. The molecule has 3 rings (SSSR count). The molecule has 0 radical (unpaired) electrons. The van der Waals surface area contributed by atoms with Gasteiger partial charge in [0.15, 0.2) is 0 Å². The predicted octanol–water partition coefficient (Wildman–Crippen LogP) is 4.42. The molecule has 2 aromatic rings. The van der Waals surface area contributed by atoms with Crippen LogP contribution in [0.2, 0.25) is 15.1 Å². The molecule has 0 saturated heterocycles. The largest absolute Gasteiger partial charge is 0.340 e. The van der Waals surface area contributed by atoms with E-state index < -0.39 is 11.7 Å². The van der Waals surface area contributed by atoms with E-state index in [2.05, 4.69) is 10.6 Å². The van der Waals surface area contributed by atoms with Gasteiger partial charge in [-0.25, -0.2) is 0 Å². The smallest absolute Gasteiger partial charge is 0.258 e. The first-order chi connectivity index (χ1) is 11.9. The number of nitriles is 1. The van der Waals surface area contributed by atoms with Gasteiger partial charge in [0, 0.05) is 15.6 Å². The Labute approximate surface area is 157 Å². The number of amides is 1. The zero-order valence-corrected chi connectivity index (χ0v) is 14.6. The van der Waals surface area contributed by atoms with Gasteiger partial charge in [-0.3, -0.25) is 9.59 Å². The van der Waals surface area contributed by atoms with E-state index in [0.29, 0.717) is 21.3 Å². The maximum Gasteiger partial charge on any atom is 0.258 e. The summed E-state index contributed by atoms with van der Waals surface area (Å²) in [7, 11) is 0. The first-order valence-electron chi connectivity index (χ1n) is 6.92. The van der Waals surface area contributed by atoms with Crippen LogP contribution in [0.4, 0.5) is 5.69 Å². The van der Waals surface area contributed by atoms with Crippen LogP contribution in [0.25, 0.3) is 0 Å². The molecule has 124 valence electrons. The monoisotopic (exact) mass is 391 g/mol. The Kier molecular flexibility index (Phi) is 4.69. The van der Waals surface area contributed by atoms with Crippen LogP contribution in [-0.2, 0) is 0 Å². The van der Waals surface area contributed by atoms with Crippen LogP contribution in [-0.4, -0.2) is 11.7 Å². The van der Waals surface area contributed by atoms with Gasteiger partial charge in [-0.15, -0.1) is 0 Å². The van der Waals surface area contributed by atoms with Crippen molar-refractivity contribution in [3.63, 3.8) is 0 Å². The Balaban J connectivity index is 2.07. The topological polar surface area (TPSA) is 82.0 Å². The van der Waals surface area contributed by atoms with Gasteiger partial charge in [0.25, 0.3) is 5.91 Å². The summed E-state index contributed by atoms with van der Waals surface area (Å²) in [6, 6.07) is 10.8. The summed E-state index contributed by atoms with van der Waals surface area (Å²) in [5, 5.41) is 15.7. The lowest BCUT2D eigenvalue weighted by Gasteiger charge is -2.22. The number of hydrogen-bond acceptors (Lipinski definition) is 4. The molecular formula is C17H8Cl3N3O2. The van der Waals surface area contributed by atoms with E-state index in [9.17, 15) is 14.9 Å². The molecule has 2 N–H and O–H groups in total. The molecule has 0 bridgehead atoms. The predicted molar refractivity (Wildman–Crippen MR) is 96.0 cm³/mol. The summed E-state index contributed by atoms with van der Waals surface area (Å²) >= 11 is 17.8. The number of anilines is 1. The summed E-state index contributed by atoms with van der Waals surface area (Å²) in [5.41, 5.74) is 0.558. The maximum atomic E-state index is 12.7. The fraction of sp³-hybridized carbons (Fsp3) is 0. The number of allylic oxidation sites excluding steroid dienone is 1. The standard InChI is InChI=1S/C17H8Cl3N3O2/c18-8-1-3-10(13(20)5-8)15(24)12(7-21)16-22-14-6-9(19)2-4-11(14)17(25)23-16/h1-6,22H,(H,23,25). The highest BCUT2D eigenvalue weighted by Gasteiger charge is 2.26. The molecule has 5 nitrogen and oxygen atoms in total. The Morgan fingerprint density at radius 1 is 1.00 bits per heavy atom. The maximum absolute atomic E-state index is 12.7. The lowest BCUT2D eigenvalue weighted by molar-refractivity contribution is 0.0963. The Morgan fingerprint density at radius 3 is 2.36 bits per heavy atom. The lowest BCUT2D eigenvalue weighted by atomic mass is 10.0. The van der Waals surface area contributed by atoms with E-state index in [4.69, 9.17) is 34.8 Å². The van der Waals surface area contributed by atoms with E-state index in [-0.39, 0.29) is 22.0 Å². The second kappa shape index (κ2) is 6.77. The van der Waals surface area contributed by atoms with E-state index in [1.54, 1.807) is 18.2 Å². The molecular weight excluding hydrogens is 385 g/mol. The minimum absolute atomic E-state index is 0.0294. The number of nitrogens with one attached hydrogen (secondary N) is 2. The van der Waals surface area contributed by atoms with E-state index in [1.165, 1.54) is 24.3 Å². The second-order valence-electron chi connectivity index (χ2n) is 5.08. The minimum atomic E-state index is -0.641. The van der Waals surface area contributed by atoms with Crippen molar-refractivity contribution in [3.8, 4) is 6.07 Å². The summed E-state index contributed by atoms with van der Waals surface area (Å²) in [6.45, 7) is 0. The normalized spacial score (nSPS) is 14.7. The minimum Gasteiger partial charge on any atom is -0.340 e. The molecule has 2 aromatic carbocycles. The molecule has 0 aromatic heterocycles. The molecule has 1 aliphatic rings. The highest BCUT2D eigenvalue weighted by molar-refractivity contribution is 6.37. The van der Waals surface area contributed by atoms with Gasteiger partial charge in [0.1, 0.15) is 17.5 Å². The van der Waals surface area contributed by atoms with E-state index in [0.717, 1.165) is 0 Å². The van der Waals surface area contributed by atoms with Crippen LogP contribution < -0.4 is 10.6 Å². The number of Topliss-reactive ketones (excluding diaryl/α,β-unsaturated/α-hetero) is 1. The van der Waals surface area contributed by atoms with Crippen molar-refractivity contribution in [1.82, 2.24) is 5.32 Å². The molecule has 0 fully saturated rings. The summed E-state index contributed by atoms with van der Waals surface area (Å²) in [5.74, 6) is -1.13. The number of hydrogen-bond donors (Lipinski definition) is 2. The number of halogens is 3. The van der Waals surface area contributed by atoms with Crippen LogP contribution in [0.5, 0.6) is 0 Å². The number of carbonyl (C=O) groups is 2. The van der Waals surface area contributed by atoms with Crippen molar-refractivity contribution < 1.29 is 9.59 Å². The van der Waals surface area contributed by atoms with Crippen molar-refractivity contribution in [1.29, 1.82) is 5.26 Å². The third-order valence-electron chi connectivity index (χ3n) is 3.49. The Hall–Kier alpha value is -2.52. The van der Waals surface area contributed by atoms with Gasteiger partial charge < -0.3 is 10.6 Å². The van der Waals surface area contributed by atoms with E-state index in [1.807, 2.05) is 0 Å². The molecule has 0 unspecified atom stereocenters. The van der Waals surface area contributed by atoms with Gasteiger partial charge in [0.05, 0.1) is 16.3 Å². The zero-order valence-electron chi connectivity index (χ0n) is 12.4. The SMILES string of the molecule is N#CC(C(=O)c1ccc(Cl)cc1Cl)=C1NC(=O)c2ccc(Cl)cc2N1. The average Bonchev–Trinajstić information content (AvgIpc) is 2.55. The Bertz CT molecular complexity index is 993. The summed E-state index contributed by atoms with van der Waals surface area (Å²) < 4.78 is 0. The highest BCUT2D eigenvalue weighted by Crippen LogP contribution is 2.28. The molecule has 0 spiro atoms. The van der Waals surface area contributed by atoms with Crippen LogP contribution in [0.15, 0.2) is 47.8 Å². The second-order valence-corrected chi connectivity index (χ2v) is 6.36. The fourth-order valence-corrected chi connectivity index (χ4v) is 2.98. The van der Waals surface area contributed by atoms with Crippen molar-refractivity contribution in [2.75, 3.05) is 5.32 Å². The van der Waals surface area contributed by atoms with Crippen molar-refractivity contribution in [2.45, 2.75) is 0 Å². The van der Waals surface area contributed by atoms with Gasteiger partial charge in [-0.2, -0.15) is 5.26 Å². The molecule has 0 saturated carbocycles. The molecule has 0 aliphatic carbocycles. The quantitative estimate of drug-likeness (QED) is 0.450. The third kappa shape index (κ3) is 3.33. The van der Waals surface area contributed by atoms with Crippen molar-refractivity contribution in [2.24, 2.45) is 0 Å². The van der Waals surface area contributed by atoms with Crippen molar-refractivity contribution >= 4 is 52.2 Å². The molecule has 1 heterocycles. The van der Waals surface area contributed by atoms with E-state index >= 15 is 0 Å². The highest BCUT2D eigenvalue weighted by atomic mass is 35.5. The van der Waals surface area contributed by atoms with Gasteiger partial charge >= 0.3 is 0 Å². The molecule has 0 atom stereocenters.